The third-order valence-electron chi connectivity index (χ3n) is 6.90. The molecule has 4 nitrogen and oxygen atoms in total. The Morgan fingerprint density at radius 2 is 1.46 bits per heavy atom. The van der Waals surface area contributed by atoms with Crippen LogP contribution >= 0.6 is 0 Å². The largest absolute Gasteiger partial charge is 0.497 e. The summed E-state index contributed by atoms with van der Waals surface area (Å²) in [4.78, 5) is 13.7. The normalized spacial score (nSPS) is 16.1. The molecule has 0 saturated heterocycles. The number of ether oxygens (including phenoxy) is 3. The van der Waals surface area contributed by atoms with Gasteiger partial charge in [0.1, 0.15) is 23.9 Å². The lowest BCUT2D eigenvalue weighted by atomic mass is 9.83. The average Bonchev–Trinajstić information content (AvgIpc) is 3.37. The van der Waals surface area contributed by atoms with Crippen LogP contribution in [0.15, 0.2) is 115 Å². The Kier molecular flexibility index (Phi) is 6.07. The molecule has 0 aliphatic carbocycles. The summed E-state index contributed by atoms with van der Waals surface area (Å²) in [5.41, 5.74) is 3.74. The van der Waals surface area contributed by atoms with Crippen LogP contribution in [0.3, 0.4) is 0 Å². The first-order valence-corrected chi connectivity index (χ1v) is 12.3. The van der Waals surface area contributed by atoms with Crippen molar-refractivity contribution in [2.24, 2.45) is 0 Å². The zero-order valence-corrected chi connectivity index (χ0v) is 20.5. The fourth-order valence-electron chi connectivity index (χ4n) is 5.04. The SMILES string of the molecule is COc1ccc([C@@H]2c3c(ccc4ccc(OCc5ccccc5)cc34)O[C@H]2C(=O)c2ccccc2)cc1. The first-order chi connectivity index (χ1) is 18.2. The number of hydrogen-bond acceptors (Lipinski definition) is 4. The average molecular weight is 487 g/mol. The fraction of sp³-hybridized carbons (Fsp3) is 0.121. The molecule has 0 aromatic heterocycles. The van der Waals surface area contributed by atoms with Gasteiger partial charge in [0, 0.05) is 11.1 Å². The Labute approximate surface area is 216 Å². The molecule has 37 heavy (non-hydrogen) atoms. The maximum atomic E-state index is 13.7. The maximum absolute atomic E-state index is 13.7. The highest BCUT2D eigenvalue weighted by Gasteiger charge is 2.41. The highest BCUT2D eigenvalue weighted by Crippen LogP contribution is 2.47. The van der Waals surface area contributed by atoms with E-state index in [-0.39, 0.29) is 11.7 Å². The van der Waals surface area contributed by atoms with Crippen molar-refractivity contribution in [1.29, 1.82) is 0 Å². The van der Waals surface area contributed by atoms with Gasteiger partial charge in [-0.15, -0.1) is 0 Å². The molecule has 0 unspecified atom stereocenters. The molecule has 6 rings (SSSR count). The van der Waals surface area contributed by atoms with Crippen LogP contribution in [-0.2, 0) is 6.61 Å². The Bertz CT molecular complexity index is 1540. The topological polar surface area (TPSA) is 44.8 Å². The number of carbonyl (C=O) groups is 1. The van der Waals surface area contributed by atoms with Gasteiger partial charge in [-0.25, -0.2) is 0 Å². The third kappa shape index (κ3) is 4.43. The monoisotopic (exact) mass is 486 g/mol. The maximum Gasteiger partial charge on any atom is 0.204 e. The second kappa shape index (κ2) is 9.82. The summed E-state index contributed by atoms with van der Waals surface area (Å²) >= 11 is 0. The Balaban J connectivity index is 1.44. The first-order valence-electron chi connectivity index (χ1n) is 12.3. The van der Waals surface area contributed by atoms with Crippen molar-refractivity contribution in [1.82, 2.24) is 0 Å². The zero-order chi connectivity index (χ0) is 25.2. The van der Waals surface area contributed by atoms with Gasteiger partial charge in [-0.05, 0) is 52.2 Å². The number of carbonyl (C=O) groups excluding carboxylic acids is 1. The Morgan fingerprint density at radius 1 is 0.784 bits per heavy atom. The van der Waals surface area contributed by atoms with E-state index in [1.807, 2.05) is 103 Å². The summed E-state index contributed by atoms with van der Waals surface area (Å²) in [5.74, 6) is 1.95. The van der Waals surface area contributed by atoms with E-state index in [1.54, 1.807) is 7.11 Å². The van der Waals surface area contributed by atoms with Gasteiger partial charge in [-0.2, -0.15) is 0 Å². The van der Waals surface area contributed by atoms with Crippen LogP contribution in [0.2, 0.25) is 0 Å². The number of rotatable bonds is 7. The van der Waals surface area contributed by atoms with Gasteiger partial charge in [0.25, 0.3) is 0 Å². The molecule has 0 spiro atoms. The summed E-state index contributed by atoms with van der Waals surface area (Å²) in [6, 6.07) is 37.5. The van der Waals surface area contributed by atoms with Gasteiger partial charge in [0.15, 0.2) is 6.10 Å². The van der Waals surface area contributed by atoms with Crippen molar-refractivity contribution in [2.45, 2.75) is 18.6 Å². The zero-order valence-electron chi connectivity index (χ0n) is 20.5. The summed E-state index contributed by atoms with van der Waals surface area (Å²) in [6.45, 7) is 0.481. The van der Waals surface area contributed by atoms with Crippen LogP contribution in [-0.4, -0.2) is 19.0 Å². The molecule has 5 aromatic rings. The first kappa shape index (κ1) is 22.9. The van der Waals surface area contributed by atoms with Gasteiger partial charge < -0.3 is 14.2 Å². The molecule has 182 valence electrons. The predicted molar refractivity (Wildman–Crippen MR) is 145 cm³/mol. The van der Waals surface area contributed by atoms with E-state index in [9.17, 15) is 4.79 Å². The highest BCUT2D eigenvalue weighted by atomic mass is 16.5. The predicted octanol–water partition coefficient (Wildman–Crippen LogP) is 7.20. The standard InChI is InChI=1S/C33H26O4/c1-35-26-16-13-24(14-17-26)30-31-28-20-27(36-21-22-8-4-2-5-9-22)18-12-23(28)15-19-29(31)37-33(30)32(34)25-10-6-3-7-11-25/h2-20,30,33H,21H2,1H3/t30-,33-/m1/s1. The molecule has 0 saturated carbocycles. The fourth-order valence-corrected chi connectivity index (χ4v) is 5.04. The van der Waals surface area contributed by atoms with Crippen molar-refractivity contribution >= 4 is 16.6 Å². The molecule has 0 amide bonds. The van der Waals surface area contributed by atoms with Crippen molar-refractivity contribution < 1.29 is 19.0 Å². The van der Waals surface area contributed by atoms with E-state index in [4.69, 9.17) is 14.2 Å². The molecular formula is C33H26O4. The van der Waals surface area contributed by atoms with Crippen molar-refractivity contribution in [3.05, 3.63) is 138 Å². The second-order valence-corrected chi connectivity index (χ2v) is 9.15. The molecule has 0 bridgehead atoms. The number of fused-ring (bicyclic) bond motifs is 3. The van der Waals surface area contributed by atoms with E-state index in [2.05, 4.69) is 12.1 Å². The summed E-state index contributed by atoms with van der Waals surface area (Å²) in [7, 11) is 1.65. The number of ketones is 1. The van der Waals surface area contributed by atoms with E-state index in [0.29, 0.717) is 12.2 Å². The van der Waals surface area contributed by atoms with Gasteiger partial charge in [-0.3, -0.25) is 4.79 Å². The number of methoxy groups -OCH3 is 1. The molecule has 4 heteroatoms. The van der Waals surface area contributed by atoms with Crippen LogP contribution < -0.4 is 14.2 Å². The second-order valence-electron chi connectivity index (χ2n) is 9.15. The molecule has 1 aliphatic heterocycles. The van der Waals surface area contributed by atoms with Gasteiger partial charge in [-0.1, -0.05) is 84.9 Å². The molecule has 5 aromatic carbocycles. The molecular weight excluding hydrogens is 460 g/mol. The van der Waals surface area contributed by atoms with E-state index in [0.717, 1.165) is 44.7 Å². The minimum absolute atomic E-state index is 0.0396. The highest BCUT2D eigenvalue weighted by molar-refractivity contribution is 6.02. The van der Waals surface area contributed by atoms with E-state index < -0.39 is 6.10 Å². The Morgan fingerprint density at radius 3 is 2.19 bits per heavy atom. The lowest BCUT2D eigenvalue weighted by Gasteiger charge is -2.20. The van der Waals surface area contributed by atoms with Crippen LogP contribution in [0.4, 0.5) is 0 Å². The summed E-state index contributed by atoms with van der Waals surface area (Å²) in [5, 5.41) is 2.09. The molecule has 1 heterocycles. The van der Waals surface area contributed by atoms with Crippen LogP contribution in [0.25, 0.3) is 10.8 Å². The van der Waals surface area contributed by atoms with Gasteiger partial charge in [0.05, 0.1) is 13.0 Å². The number of hydrogen-bond donors (Lipinski definition) is 0. The van der Waals surface area contributed by atoms with Crippen LogP contribution in [0.5, 0.6) is 17.2 Å². The lowest BCUT2D eigenvalue weighted by molar-refractivity contribution is 0.0807. The van der Waals surface area contributed by atoms with Crippen molar-refractivity contribution in [2.75, 3.05) is 7.11 Å². The smallest absolute Gasteiger partial charge is 0.204 e. The van der Waals surface area contributed by atoms with E-state index in [1.165, 1.54) is 0 Å². The molecule has 1 aliphatic rings. The summed E-state index contributed by atoms with van der Waals surface area (Å²) < 4.78 is 17.9. The number of benzene rings is 5. The Hall–Kier alpha value is -4.57. The van der Waals surface area contributed by atoms with Crippen LogP contribution in [0.1, 0.15) is 33.0 Å². The number of Topliss-reactive ketones (excluding diaryl/α,β-unsaturated/α-hetero) is 1. The minimum atomic E-state index is -0.676. The molecule has 0 radical (unpaired) electrons. The molecule has 0 fully saturated rings. The summed E-state index contributed by atoms with van der Waals surface area (Å²) in [6.07, 6.45) is -0.676. The minimum Gasteiger partial charge on any atom is -0.497 e. The lowest BCUT2D eigenvalue weighted by Crippen LogP contribution is -2.30. The van der Waals surface area contributed by atoms with Gasteiger partial charge >= 0.3 is 0 Å². The van der Waals surface area contributed by atoms with E-state index >= 15 is 0 Å². The third-order valence-corrected chi connectivity index (χ3v) is 6.90. The van der Waals surface area contributed by atoms with Crippen LogP contribution in [0, 0.1) is 0 Å². The molecule has 2 atom stereocenters. The molecule has 0 N–H and O–H groups in total. The van der Waals surface area contributed by atoms with Gasteiger partial charge in [0.2, 0.25) is 5.78 Å². The quantitative estimate of drug-likeness (QED) is 0.228. The van der Waals surface area contributed by atoms with Crippen molar-refractivity contribution in [3.8, 4) is 17.2 Å². The van der Waals surface area contributed by atoms with Crippen molar-refractivity contribution in [3.63, 3.8) is 0 Å².